The van der Waals surface area contributed by atoms with Crippen molar-refractivity contribution in [1.82, 2.24) is 0 Å². The minimum absolute atomic E-state index is 0.116. The second kappa shape index (κ2) is 5.54. The van der Waals surface area contributed by atoms with Crippen molar-refractivity contribution in [2.45, 2.75) is 26.7 Å². The van der Waals surface area contributed by atoms with E-state index in [9.17, 15) is 4.79 Å². The van der Waals surface area contributed by atoms with Gasteiger partial charge >= 0.3 is 5.97 Å². The summed E-state index contributed by atoms with van der Waals surface area (Å²) in [7, 11) is 0. The third-order valence-corrected chi connectivity index (χ3v) is 2.43. The molecule has 0 saturated carbocycles. The molecule has 0 aromatic carbocycles. The highest BCUT2D eigenvalue weighted by atomic mass is 16.5. The van der Waals surface area contributed by atoms with Gasteiger partial charge in [0.1, 0.15) is 0 Å². The number of carbonyl (C=O) groups excluding carboxylic acids is 1. The van der Waals surface area contributed by atoms with Gasteiger partial charge in [-0.25, -0.2) is 4.79 Å². The fourth-order valence-corrected chi connectivity index (χ4v) is 1.38. The predicted molar refractivity (Wildman–Crippen MR) is 62.2 cm³/mol. The fraction of sp³-hybridized carbons (Fsp3) is 0.462. The van der Waals surface area contributed by atoms with E-state index in [-0.39, 0.29) is 11.2 Å². The lowest BCUT2D eigenvalue weighted by Crippen LogP contribution is -2.15. The van der Waals surface area contributed by atoms with Gasteiger partial charge in [0, 0.05) is 0 Å². The van der Waals surface area contributed by atoms with Gasteiger partial charge in [0.15, 0.2) is 0 Å². The van der Waals surface area contributed by atoms with E-state index in [0.717, 1.165) is 12.8 Å². The molecule has 0 atom stereocenters. The molecule has 0 aliphatic carbocycles. The molecule has 0 saturated heterocycles. The number of rotatable bonds is 6. The first-order chi connectivity index (χ1) is 7.55. The predicted octanol–water partition coefficient (Wildman–Crippen LogP) is 3.43. The van der Waals surface area contributed by atoms with Crippen LogP contribution in [0.3, 0.4) is 0 Å². The summed E-state index contributed by atoms with van der Waals surface area (Å²) in [5.74, 6) is -0.152. The van der Waals surface area contributed by atoms with Crippen LogP contribution in [0.15, 0.2) is 35.5 Å². The average Bonchev–Trinajstić information content (AvgIpc) is 2.69. The Morgan fingerprint density at radius 3 is 2.94 bits per heavy atom. The zero-order chi connectivity index (χ0) is 12.0. The van der Waals surface area contributed by atoms with Gasteiger partial charge in [-0.2, -0.15) is 0 Å². The second-order valence-electron chi connectivity index (χ2n) is 4.52. The molecule has 3 heteroatoms. The van der Waals surface area contributed by atoms with Gasteiger partial charge in [-0.1, -0.05) is 19.9 Å². The van der Waals surface area contributed by atoms with Gasteiger partial charge in [-0.05, 0) is 30.4 Å². The van der Waals surface area contributed by atoms with Crippen LogP contribution < -0.4 is 0 Å². The van der Waals surface area contributed by atoms with Crippen LogP contribution in [-0.2, 0) is 4.74 Å². The van der Waals surface area contributed by atoms with Crippen molar-refractivity contribution >= 4 is 5.97 Å². The van der Waals surface area contributed by atoms with Crippen molar-refractivity contribution in [3.63, 3.8) is 0 Å². The maximum absolute atomic E-state index is 11.4. The number of esters is 1. The third kappa shape index (κ3) is 3.93. The Labute approximate surface area is 96.1 Å². The summed E-state index contributed by atoms with van der Waals surface area (Å²) < 4.78 is 10.0. The maximum atomic E-state index is 11.4. The zero-order valence-electron chi connectivity index (χ0n) is 9.86. The van der Waals surface area contributed by atoms with Crippen LogP contribution in [0.1, 0.15) is 37.2 Å². The lowest BCUT2D eigenvalue weighted by molar-refractivity contribution is 0.0423. The highest BCUT2D eigenvalue weighted by Crippen LogP contribution is 2.25. The van der Waals surface area contributed by atoms with E-state index in [2.05, 4.69) is 20.4 Å². The first-order valence-electron chi connectivity index (χ1n) is 5.37. The quantitative estimate of drug-likeness (QED) is 0.546. The van der Waals surface area contributed by atoms with E-state index >= 15 is 0 Å². The summed E-state index contributed by atoms with van der Waals surface area (Å²) in [6.07, 6.45) is 5.06. The number of furan rings is 1. The van der Waals surface area contributed by atoms with E-state index in [1.165, 1.54) is 6.26 Å². The Morgan fingerprint density at radius 1 is 1.62 bits per heavy atom. The minimum Gasteiger partial charge on any atom is -0.460 e. The molecule has 0 unspecified atom stereocenters. The Kier molecular flexibility index (Phi) is 4.35. The van der Waals surface area contributed by atoms with Crippen LogP contribution in [0, 0.1) is 5.41 Å². The van der Waals surface area contributed by atoms with Crippen LogP contribution in [0.25, 0.3) is 0 Å². The van der Waals surface area contributed by atoms with Gasteiger partial charge in [0.2, 0.25) is 5.76 Å². The highest BCUT2D eigenvalue weighted by Gasteiger charge is 2.17. The molecular weight excluding hydrogens is 204 g/mol. The van der Waals surface area contributed by atoms with Crippen molar-refractivity contribution in [3.8, 4) is 0 Å². The summed E-state index contributed by atoms with van der Waals surface area (Å²) in [5.41, 5.74) is 0.116. The number of ether oxygens (including phenoxy) is 1. The average molecular weight is 222 g/mol. The molecule has 0 bridgehead atoms. The summed E-state index contributed by atoms with van der Waals surface area (Å²) in [5, 5.41) is 0. The molecule has 0 aliphatic heterocycles. The molecule has 1 aromatic heterocycles. The molecule has 0 aliphatic rings. The second-order valence-corrected chi connectivity index (χ2v) is 4.52. The topological polar surface area (TPSA) is 39.4 Å². The number of carbonyl (C=O) groups is 1. The minimum atomic E-state index is -0.403. The number of hydrogen-bond donors (Lipinski definition) is 0. The Bertz CT molecular complexity index is 336. The van der Waals surface area contributed by atoms with Crippen LogP contribution in [0.4, 0.5) is 0 Å². The number of hydrogen-bond acceptors (Lipinski definition) is 3. The molecule has 0 amide bonds. The van der Waals surface area contributed by atoms with Crippen molar-refractivity contribution in [3.05, 3.63) is 36.8 Å². The van der Waals surface area contributed by atoms with Gasteiger partial charge < -0.3 is 9.15 Å². The Morgan fingerprint density at radius 2 is 2.38 bits per heavy atom. The van der Waals surface area contributed by atoms with Gasteiger partial charge in [-0.15, -0.1) is 6.58 Å². The largest absolute Gasteiger partial charge is 0.460 e. The van der Waals surface area contributed by atoms with E-state index in [1.807, 2.05) is 6.08 Å². The highest BCUT2D eigenvalue weighted by molar-refractivity contribution is 5.86. The summed E-state index contributed by atoms with van der Waals surface area (Å²) in [4.78, 5) is 11.4. The maximum Gasteiger partial charge on any atom is 0.374 e. The Hall–Kier alpha value is -1.51. The van der Waals surface area contributed by atoms with Crippen molar-refractivity contribution in [1.29, 1.82) is 0 Å². The van der Waals surface area contributed by atoms with Gasteiger partial charge in [-0.3, -0.25) is 0 Å². The van der Waals surface area contributed by atoms with Crippen LogP contribution >= 0.6 is 0 Å². The summed E-state index contributed by atoms with van der Waals surface area (Å²) in [6, 6.07) is 3.26. The fourth-order valence-electron chi connectivity index (χ4n) is 1.38. The van der Waals surface area contributed by atoms with Crippen molar-refractivity contribution in [2.75, 3.05) is 6.61 Å². The lowest BCUT2D eigenvalue weighted by Gasteiger charge is -2.22. The normalized spacial score (nSPS) is 11.1. The monoisotopic (exact) mass is 222 g/mol. The summed E-state index contributed by atoms with van der Waals surface area (Å²) in [6.45, 7) is 8.35. The van der Waals surface area contributed by atoms with E-state index in [1.54, 1.807) is 12.1 Å². The Balaban J connectivity index is 2.31. The van der Waals surface area contributed by atoms with E-state index in [4.69, 9.17) is 9.15 Å². The van der Waals surface area contributed by atoms with Crippen molar-refractivity contribution in [2.24, 2.45) is 5.41 Å². The third-order valence-electron chi connectivity index (χ3n) is 2.43. The standard InChI is InChI=1S/C13H18O3/c1-4-7-13(2,3)8-10-16-12(14)11-6-5-9-15-11/h4-6,9H,1,7-8,10H2,2-3H3. The van der Waals surface area contributed by atoms with Crippen molar-refractivity contribution < 1.29 is 13.9 Å². The lowest BCUT2D eigenvalue weighted by atomic mass is 9.86. The molecule has 0 fully saturated rings. The SMILES string of the molecule is C=CCC(C)(C)CCOC(=O)c1ccco1. The molecule has 0 radical (unpaired) electrons. The smallest absolute Gasteiger partial charge is 0.374 e. The first-order valence-corrected chi connectivity index (χ1v) is 5.37. The molecule has 1 aromatic rings. The van der Waals surface area contributed by atoms with Crippen LogP contribution in [-0.4, -0.2) is 12.6 Å². The number of allylic oxidation sites excluding steroid dienone is 1. The molecule has 0 N–H and O–H groups in total. The van der Waals surface area contributed by atoms with Gasteiger partial charge in [0.25, 0.3) is 0 Å². The molecule has 16 heavy (non-hydrogen) atoms. The van der Waals surface area contributed by atoms with Gasteiger partial charge in [0.05, 0.1) is 12.9 Å². The molecule has 3 nitrogen and oxygen atoms in total. The molecular formula is C13H18O3. The first kappa shape index (κ1) is 12.6. The molecule has 88 valence electrons. The van der Waals surface area contributed by atoms with E-state index < -0.39 is 5.97 Å². The molecule has 1 rings (SSSR count). The molecule has 1 heterocycles. The van der Waals surface area contributed by atoms with Crippen LogP contribution in [0.5, 0.6) is 0 Å². The zero-order valence-corrected chi connectivity index (χ0v) is 9.86. The van der Waals surface area contributed by atoms with Crippen LogP contribution in [0.2, 0.25) is 0 Å². The van der Waals surface area contributed by atoms with E-state index in [0.29, 0.717) is 6.61 Å². The molecule has 0 spiro atoms. The summed E-state index contributed by atoms with van der Waals surface area (Å²) >= 11 is 0.